The molecule has 1 aliphatic carbocycles. The molecule has 14 heavy (non-hydrogen) atoms. The van der Waals surface area contributed by atoms with Crippen LogP contribution in [-0.2, 0) is 6.42 Å². The van der Waals surface area contributed by atoms with Gasteiger partial charge >= 0.3 is 0 Å². The van der Waals surface area contributed by atoms with Gasteiger partial charge in [0, 0.05) is 5.92 Å². The summed E-state index contributed by atoms with van der Waals surface area (Å²) in [5.41, 5.74) is 9.33. The van der Waals surface area contributed by atoms with Gasteiger partial charge in [0.2, 0.25) is 0 Å². The minimum absolute atomic E-state index is 0.240. The molecule has 2 atom stereocenters. The van der Waals surface area contributed by atoms with Gasteiger partial charge < -0.3 is 10.8 Å². The van der Waals surface area contributed by atoms with Crippen molar-refractivity contribution in [3.8, 4) is 0 Å². The highest BCUT2D eigenvalue weighted by atomic mass is 16.3. The van der Waals surface area contributed by atoms with Crippen molar-refractivity contribution >= 4 is 0 Å². The summed E-state index contributed by atoms with van der Waals surface area (Å²) in [5.74, 6) is 0.240. The quantitative estimate of drug-likeness (QED) is 0.707. The van der Waals surface area contributed by atoms with E-state index >= 15 is 0 Å². The zero-order chi connectivity index (χ0) is 10.1. The zero-order valence-corrected chi connectivity index (χ0v) is 8.53. The monoisotopic (exact) mass is 191 g/mol. The third-order valence-corrected chi connectivity index (χ3v) is 3.28. The highest BCUT2D eigenvalue weighted by molar-refractivity contribution is 5.38. The molecule has 76 valence electrons. The zero-order valence-electron chi connectivity index (χ0n) is 8.53. The van der Waals surface area contributed by atoms with Crippen molar-refractivity contribution < 1.29 is 5.11 Å². The minimum atomic E-state index is -0.358. The Labute approximate surface area is 84.7 Å². The first-order valence-corrected chi connectivity index (χ1v) is 5.20. The number of hydrogen-bond acceptors (Lipinski definition) is 2. The summed E-state index contributed by atoms with van der Waals surface area (Å²) in [4.78, 5) is 0. The standard InChI is InChI=1S/C12H17NO/c1-8-3-2-4-11-10(8)6-5-9(7-13)12(11)14/h2-4,9,12,14H,5-7,13H2,1H3. The fourth-order valence-corrected chi connectivity index (χ4v) is 2.33. The fourth-order valence-electron chi connectivity index (χ4n) is 2.33. The smallest absolute Gasteiger partial charge is 0.0833 e. The van der Waals surface area contributed by atoms with Crippen LogP contribution in [0.5, 0.6) is 0 Å². The topological polar surface area (TPSA) is 46.2 Å². The van der Waals surface area contributed by atoms with Gasteiger partial charge in [0.25, 0.3) is 0 Å². The van der Waals surface area contributed by atoms with E-state index in [0.29, 0.717) is 6.54 Å². The first kappa shape index (κ1) is 9.69. The number of hydrogen-bond donors (Lipinski definition) is 2. The molecule has 2 nitrogen and oxygen atoms in total. The van der Waals surface area contributed by atoms with Gasteiger partial charge in [-0.15, -0.1) is 0 Å². The lowest BCUT2D eigenvalue weighted by Crippen LogP contribution is -2.27. The molecule has 0 spiro atoms. The molecule has 0 saturated heterocycles. The van der Waals surface area contributed by atoms with Crippen molar-refractivity contribution in [3.63, 3.8) is 0 Å². The van der Waals surface area contributed by atoms with E-state index in [1.807, 2.05) is 12.1 Å². The van der Waals surface area contributed by atoms with E-state index in [1.54, 1.807) is 0 Å². The normalized spacial score (nSPS) is 25.9. The van der Waals surface area contributed by atoms with Gasteiger partial charge in [-0.1, -0.05) is 18.2 Å². The van der Waals surface area contributed by atoms with Crippen LogP contribution < -0.4 is 5.73 Å². The first-order valence-electron chi connectivity index (χ1n) is 5.20. The van der Waals surface area contributed by atoms with E-state index in [4.69, 9.17) is 5.73 Å². The van der Waals surface area contributed by atoms with Crippen LogP contribution in [0.15, 0.2) is 18.2 Å². The molecule has 2 heteroatoms. The van der Waals surface area contributed by atoms with Crippen molar-refractivity contribution in [1.29, 1.82) is 0 Å². The van der Waals surface area contributed by atoms with E-state index in [1.165, 1.54) is 11.1 Å². The van der Waals surface area contributed by atoms with Gasteiger partial charge in [0.05, 0.1) is 6.10 Å². The Bertz CT molecular complexity index is 335. The molecule has 0 bridgehead atoms. The second-order valence-corrected chi connectivity index (χ2v) is 4.12. The van der Waals surface area contributed by atoms with Crippen LogP contribution in [0.25, 0.3) is 0 Å². The molecule has 1 aromatic carbocycles. The maximum atomic E-state index is 10.1. The maximum Gasteiger partial charge on any atom is 0.0833 e. The van der Waals surface area contributed by atoms with Crippen molar-refractivity contribution in [2.45, 2.75) is 25.9 Å². The van der Waals surface area contributed by atoms with E-state index in [-0.39, 0.29) is 12.0 Å². The number of aryl methyl sites for hydroxylation is 1. The highest BCUT2D eigenvalue weighted by Gasteiger charge is 2.27. The van der Waals surface area contributed by atoms with Gasteiger partial charge in [0.15, 0.2) is 0 Å². The second kappa shape index (κ2) is 3.71. The molecule has 0 fully saturated rings. The van der Waals surface area contributed by atoms with Crippen molar-refractivity contribution in [2.24, 2.45) is 11.7 Å². The molecule has 0 saturated carbocycles. The molecule has 2 rings (SSSR count). The van der Waals surface area contributed by atoms with E-state index in [0.717, 1.165) is 18.4 Å². The lowest BCUT2D eigenvalue weighted by molar-refractivity contribution is 0.0980. The SMILES string of the molecule is Cc1cccc2c1CCC(CN)C2O. The summed E-state index contributed by atoms with van der Waals surface area (Å²) >= 11 is 0. The van der Waals surface area contributed by atoms with E-state index in [2.05, 4.69) is 13.0 Å². The maximum absolute atomic E-state index is 10.1. The largest absolute Gasteiger partial charge is 0.388 e. The average molecular weight is 191 g/mol. The van der Waals surface area contributed by atoms with Crippen LogP contribution in [0, 0.1) is 12.8 Å². The molecule has 0 heterocycles. The molecule has 2 unspecified atom stereocenters. The summed E-state index contributed by atoms with van der Waals surface area (Å²) in [6, 6.07) is 6.14. The van der Waals surface area contributed by atoms with E-state index < -0.39 is 0 Å². The number of rotatable bonds is 1. The molecule has 0 aromatic heterocycles. The average Bonchev–Trinajstić information content (AvgIpc) is 2.20. The van der Waals surface area contributed by atoms with Crippen LogP contribution in [-0.4, -0.2) is 11.7 Å². The number of nitrogens with two attached hydrogens (primary N) is 1. The second-order valence-electron chi connectivity index (χ2n) is 4.12. The van der Waals surface area contributed by atoms with Crippen LogP contribution in [0.2, 0.25) is 0 Å². The Kier molecular flexibility index (Phi) is 2.57. The molecule has 3 N–H and O–H groups in total. The van der Waals surface area contributed by atoms with Crippen molar-refractivity contribution in [3.05, 3.63) is 34.9 Å². The van der Waals surface area contributed by atoms with Gasteiger partial charge in [0.1, 0.15) is 0 Å². The number of aliphatic hydroxyl groups is 1. The van der Waals surface area contributed by atoms with Crippen LogP contribution >= 0.6 is 0 Å². The minimum Gasteiger partial charge on any atom is -0.388 e. The van der Waals surface area contributed by atoms with Gasteiger partial charge in [-0.05, 0) is 43.0 Å². The lowest BCUT2D eigenvalue weighted by Gasteiger charge is -2.30. The Morgan fingerprint density at radius 3 is 3.00 bits per heavy atom. The predicted molar refractivity (Wildman–Crippen MR) is 57.0 cm³/mol. The fraction of sp³-hybridized carbons (Fsp3) is 0.500. The molecular weight excluding hydrogens is 174 g/mol. The molecular formula is C12H17NO. The lowest BCUT2D eigenvalue weighted by atomic mass is 9.80. The number of benzene rings is 1. The first-order chi connectivity index (χ1) is 6.74. The van der Waals surface area contributed by atoms with Crippen LogP contribution in [0.1, 0.15) is 29.2 Å². The molecule has 0 amide bonds. The highest BCUT2D eigenvalue weighted by Crippen LogP contribution is 2.34. The molecule has 0 aliphatic heterocycles. The summed E-state index contributed by atoms with van der Waals surface area (Å²) in [6.45, 7) is 2.68. The Morgan fingerprint density at radius 2 is 2.29 bits per heavy atom. The summed E-state index contributed by atoms with van der Waals surface area (Å²) in [7, 11) is 0. The Morgan fingerprint density at radius 1 is 1.50 bits per heavy atom. The third kappa shape index (κ3) is 1.45. The molecule has 0 radical (unpaired) electrons. The van der Waals surface area contributed by atoms with Gasteiger partial charge in [-0.25, -0.2) is 0 Å². The Hall–Kier alpha value is -0.860. The molecule has 1 aliphatic rings. The molecule has 1 aromatic rings. The third-order valence-electron chi connectivity index (χ3n) is 3.28. The van der Waals surface area contributed by atoms with Crippen molar-refractivity contribution in [2.75, 3.05) is 6.54 Å². The summed E-state index contributed by atoms with van der Waals surface area (Å²) in [5, 5.41) is 10.1. The number of fused-ring (bicyclic) bond motifs is 1. The summed E-state index contributed by atoms with van der Waals surface area (Å²) in [6.07, 6.45) is 1.71. The van der Waals surface area contributed by atoms with E-state index in [9.17, 15) is 5.11 Å². The van der Waals surface area contributed by atoms with Crippen LogP contribution in [0.3, 0.4) is 0 Å². The van der Waals surface area contributed by atoms with Gasteiger partial charge in [-0.2, -0.15) is 0 Å². The summed E-state index contributed by atoms with van der Waals surface area (Å²) < 4.78 is 0. The van der Waals surface area contributed by atoms with Gasteiger partial charge in [-0.3, -0.25) is 0 Å². The Balaban J connectivity index is 2.41. The predicted octanol–water partition coefficient (Wildman–Crippen LogP) is 1.55. The number of aliphatic hydroxyl groups excluding tert-OH is 1. The van der Waals surface area contributed by atoms with Crippen LogP contribution in [0.4, 0.5) is 0 Å². The van der Waals surface area contributed by atoms with Crippen molar-refractivity contribution in [1.82, 2.24) is 0 Å².